The van der Waals surface area contributed by atoms with Crippen molar-refractivity contribution in [2.75, 3.05) is 20.3 Å². The predicted octanol–water partition coefficient (Wildman–Crippen LogP) is 1.80. The lowest BCUT2D eigenvalue weighted by atomic mass is 9.89. The van der Waals surface area contributed by atoms with Gasteiger partial charge in [-0.2, -0.15) is 0 Å². The summed E-state index contributed by atoms with van der Waals surface area (Å²) in [6.45, 7) is 7.91. The zero-order valence-electron chi connectivity index (χ0n) is 11.1. The molecule has 96 valence electrons. The van der Waals surface area contributed by atoms with Gasteiger partial charge in [0.2, 0.25) is 0 Å². The van der Waals surface area contributed by atoms with E-state index in [0.717, 1.165) is 18.9 Å². The minimum atomic E-state index is -0.252. The molecule has 3 heteroatoms. The van der Waals surface area contributed by atoms with Crippen LogP contribution in [0.5, 0.6) is 0 Å². The fourth-order valence-corrected chi connectivity index (χ4v) is 2.11. The maximum Gasteiger partial charge on any atom is 0.0669 e. The fraction of sp³-hybridized carbons (Fsp3) is 1.00. The first-order chi connectivity index (χ1) is 7.42. The van der Waals surface area contributed by atoms with E-state index in [9.17, 15) is 5.11 Å². The van der Waals surface area contributed by atoms with Gasteiger partial charge in [0.1, 0.15) is 0 Å². The second-order valence-corrected chi connectivity index (χ2v) is 6.23. The average molecular weight is 229 g/mol. The molecule has 3 nitrogen and oxygen atoms in total. The van der Waals surface area contributed by atoms with Gasteiger partial charge in [-0.25, -0.2) is 0 Å². The zero-order chi connectivity index (χ0) is 12.2. The summed E-state index contributed by atoms with van der Waals surface area (Å²) < 4.78 is 5.19. The minimum absolute atomic E-state index is 0.192. The summed E-state index contributed by atoms with van der Waals surface area (Å²) >= 11 is 0. The van der Waals surface area contributed by atoms with Gasteiger partial charge in [-0.15, -0.1) is 0 Å². The molecule has 0 amide bonds. The number of rotatable bonds is 7. The number of ether oxygens (including phenoxy) is 1. The summed E-state index contributed by atoms with van der Waals surface area (Å²) in [5, 5.41) is 13.3. The van der Waals surface area contributed by atoms with Crippen molar-refractivity contribution in [2.45, 2.75) is 52.2 Å². The highest BCUT2D eigenvalue weighted by atomic mass is 16.5. The van der Waals surface area contributed by atoms with Gasteiger partial charge in [0.25, 0.3) is 0 Å². The first kappa shape index (κ1) is 13.9. The van der Waals surface area contributed by atoms with Crippen LogP contribution in [0.3, 0.4) is 0 Å². The molecule has 1 rings (SSSR count). The van der Waals surface area contributed by atoms with E-state index in [1.54, 1.807) is 7.11 Å². The molecule has 0 bridgehead atoms. The van der Waals surface area contributed by atoms with Crippen LogP contribution >= 0.6 is 0 Å². The van der Waals surface area contributed by atoms with Crippen molar-refractivity contribution < 1.29 is 9.84 Å². The molecule has 2 atom stereocenters. The molecule has 0 aliphatic heterocycles. The third-order valence-electron chi connectivity index (χ3n) is 3.00. The molecule has 1 aliphatic carbocycles. The van der Waals surface area contributed by atoms with Gasteiger partial charge < -0.3 is 15.2 Å². The second kappa shape index (κ2) is 5.99. The van der Waals surface area contributed by atoms with Crippen LogP contribution in [-0.4, -0.2) is 37.5 Å². The molecule has 16 heavy (non-hydrogen) atoms. The molecule has 2 unspecified atom stereocenters. The van der Waals surface area contributed by atoms with Crippen molar-refractivity contribution >= 4 is 0 Å². The van der Waals surface area contributed by atoms with Gasteiger partial charge in [-0.1, -0.05) is 20.8 Å². The Hall–Kier alpha value is -0.120. The number of aliphatic hydroxyl groups is 1. The van der Waals surface area contributed by atoms with E-state index in [1.807, 2.05) is 0 Å². The van der Waals surface area contributed by atoms with Crippen LogP contribution in [0, 0.1) is 11.3 Å². The molecule has 1 aliphatic rings. The van der Waals surface area contributed by atoms with E-state index in [0.29, 0.717) is 12.6 Å². The highest BCUT2D eigenvalue weighted by Crippen LogP contribution is 2.32. The summed E-state index contributed by atoms with van der Waals surface area (Å²) in [4.78, 5) is 0. The molecule has 0 saturated heterocycles. The van der Waals surface area contributed by atoms with Gasteiger partial charge in [0.05, 0.1) is 12.7 Å². The molecule has 2 N–H and O–H groups in total. The Morgan fingerprint density at radius 1 is 1.38 bits per heavy atom. The van der Waals surface area contributed by atoms with Crippen molar-refractivity contribution in [1.82, 2.24) is 5.32 Å². The van der Waals surface area contributed by atoms with Crippen LogP contribution in [0.2, 0.25) is 0 Å². The SMILES string of the molecule is COCC(NCC(O)CC(C)(C)C)C1CC1. The molecular formula is C13H27NO2. The maximum atomic E-state index is 9.90. The third kappa shape index (κ3) is 5.83. The monoisotopic (exact) mass is 229 g/mol. The van der Waals surface area contributed by atoms with Gasteiger partial charge in [0, 0.05) is 19.7 Å². The second-order valence-electron chi connectivity index (χ2n) is 6.23. The zero-order valence-corrected chi connectivity index (χ0v) is 11.1. The van der Waals surface area contributed by atoms with Crippen LogP contribution in [0.1, 0.15) is 40.0 Å². The molecule has 0 aromatic rings. The molecule has 0 spiro atoms. The Kier molecular flexibility index (Phi) is 5.22. The number of nitrogens with one attached hydrogen (secondary N) is 1. The van der Waals surface area contributed by atoms with E-state index < -0.39 is 0 Å². The van der Waals surface area contributed by atoms with Crippen molar-refractivity contribution in [1.29, 1.82) is 0 Å². The van der Waals surface area contributed by atoms with Crippen LogP contribution in [0.25, 0.3) is 0 Å². The lowest BCUT2D eigenvalue weighted by molar-refractivity contribution is 0.103. The molecule has 1 saturated carbocycles. The number of aliphatic hydroxyl groups excluding tert-OH is 1. The standard InChI is InChI=1S/C13H27NO2/c1-13(2,3)7-11(15)8-14-12(9-16-4)10-5-6-10/h10-12,14-15H,5-9H2,1-4H3. The van der Waals surface area contributed by atoms with Crippen molar-refractivity contribution in [3.05, 3.63) is 0 Å². The first-order valence-electron chi connectivity index (χ1n) is 6.33. The largest absolute Gasteiger partial charge is 0.392 e. The Bertz CT molecular complexity index is 197. The predicted molar refractivity (Wildman–Crippen MR) is 66.5 cm³/mol. The third-order valence-corrected chi connectivity index (χ3v) is 3.00. The van der Waals surface area contributed by atoms with Crippen LogP contribution in [0.15, 0.2) is 0 Å². The van der Waals surface area contributed by atoms with Crippen LogP contribution < -0.4 is 5.32 Å². The summed E-state index contributed by atoms with van der Waals surface area (Å²) in [6, 6.07) is 0.430. The number of hydrogen-bond acceptors (Lipinski definition) is 3. The summed E-state index contributed by atoms with van der Waals surface area (Å²) in [5.41, 5.74) is 0.192. The topological polar surface area (TPSA) is 41.5 Å². The fourth-order valence-electron chi connectivity index (χ4n) is 2.11. The first-order valence-corrected chi connectivity index (χ1v) is 6.33. The molecule has 0 heterocycles. The van der Waals surface area contributed by atoms with Crippen molar-refractivity contribution in [2.24, 2.45) is 11.3 Å². The highest BCUT2D eigenvalue weighted by molar-refractivity contribution is 4.87. The summed E-state index contributed by atoms with van der Waals surface area (Å²) in [6.07, 6.45) is 3.19. The highest BCUT2D eigenvalue weighted by Gasteiger charge is 2.31. The summed E-state index contributed by atoms with van der Waals surface area (Å²) in [7, 11) is 1.74. The molecule has 0 radical (unpaired) electrons. The molecule has 0 aromatic heterocycles. The normalized spacial score (nSPS) is 20.8. The van der Waals surface area contributed by atoms with E-state index in [1.165, 1.54) is 12.8 Å². The Morgan fingerprint density at radius 3 is 2.44 bits per heavy atom. The van der Waals surface area contributed by atoms with E-state index >= 15 is 0 Å². The molecule has 0 aromatic carbocycles. The van der Waals surface area contributed by atoms with Crippen molar-refractivity contribution in [3.63, 3.8) is 0 Å². The van der Waals surface area contributed by atoms with E-state index in [-0.39, 0.29) is 11.5 Å². The van der Waals surface area contributed by atoms with Crippen LogP contribution in [-0.2, 0) is 4.74 Å². The minimum Gasteiger partial charge on any atom is -0.392 e. The van der Waals surface area contributed by atoms with Crippen LogP contribution in [0.4, 0.5) is 0 Å². The van der Waals surface area contributed by atoms with E-state index in [4.69, 9.17) is 4.74 Å². The molecule has 1 fully saturated rings. The molecular weight excluding hydrogens is 202 g/mol. The maximum absolute atomic E-state index is 9.90. The number of methoxy groups -OCH3 is 1. The van der Waals surface area contributed by atoms with Gasteiger partial charge >= 0.3 is 0 Å². The lowest BCUT2D eigenvalue weighted by Crippen LogP contribution is -2.40. The lowest BCUT2D eigenvalue weighted by Gasteiger charge is -2.25. The Labute approximate surface area is 99.6 Å². The number of hydrogen-bond donors (Lipinski definition) is 2. The smallest absolute Gasteiger partial charge is 0.0669 e. The van der Waals surface area contributed by atoms with Gasteiger partial charge in [-0.3, -0.25) is 0 Å². The van der Waals surface area contributed by atoms with Gasteiger partial charge in [0.15, 0.2) is 0 Å². The van der Waals surface area contributed by atoms with Gasteiger partial charge in [-0.05, 0) is 30.6 Å². The Morgan fingerprint density at radius 2 is 2.00 bits per heavy atom. The summed E-state index contributed by atoms with van der Waals surface area (Å²) in [5.74, 6) is 0.766. The Balaban J connectivity index is 2.20. The van der Waals surface area contributed by atoms with Crippen molar-refractivity contribution in [3.8, 4) is 0 Å². The quantitative estimate of drug-likeness (QED) is 0.699. The van der Waals surface area contributed by atoms with E-state index in [2.05, 4.69) is 26.1 Å². The average Bonchev–Trinajstić information content (AvgIpc) is 2.92.